The van der Waals surface area contributed by atoms with Crippen molar-refractivity contribution in [2.75, 3.05) is 69.3 Å². The molecular weight excluding hydrogens is 480 g/mol. The molecule has 1 atom stereocenters. The molecule has 2 fully saturated rings. The molecule has 3 aliphatic rings. The number of nitrogens with zero attached hydrogens (tertiary/aromatic N) is 3. The second kappa shape index (κ2) is 10.0. The Morgan fingerprint density at radius 3 is 2.39 bits per heavy atom. The van der Waals surface area contributed by atoms with E-state index in [0.717, 1.165) is 83.0 Å². The van der Waals surface area contributed by atoms with Gasteiger partial charge in [0.15, 0.2) is 0 Å². The third kappa shape index (κ3) is 5.05. The molecular formula is C26H33BrN4O2. The fourth-order valence-electron chi connectivity index (χ4n) is 5.20. The topological polar surface area (TPSA) is 48.0 Å². The minimum absolute atomic E-state index is 0.0214. The van der Waals surface area contributed by atoms with Crippen LogP contribution in [-0.2, 0) is 17.6 Å². The van der Waals surface area contributed by atoms with Gasteiger partial charge in [-0.3, -0.25) is 4.79 Å². The minimum Gasteiger partial charge on any atom is -0.378 e. The van der Waals surface area contributed by atoms with Crippen LogP contribution in [0.15, 0.2) is 40.9 Å². The van der Waals surface area contributed by atoms with Gasteiger partial charge in [-0.25, -0.2) is 0 Å². The van der Waals surface area contributed by atoms with Crippen LogP contribution < -0.4 is 15.1 Å². The Morgan fingerprint density at radius 2 is 1.67 bits per heavy atom. The van der Waals surface area contributed by atoms with Gasteiger partial charge in [-0.15, -0.1) is 0 Å². The molecule has 0 aromatic heterocycles. The van der Waals surface area contributed by atoms with Crippen molar-refractivity contribution in [2.45, 2.75) is 25.3 Å². The van der Waals surface area contributed by atoms with Crippen LogP contribution in [0.25, 0.3) is 0 Å². The fourth-order valence-corrected chi connectivity index (χ4v) is 5.77. The monoisotopic (exact) mass is 512 g/mol. The van der Waals surface area contributed by atoms with Gasteiger partial charge >= 0.3 is 0 Å². The number of carbonyl (C=O) groups is 1. The quantitative estimate of drug-likeness (QED) is 0.680. The summed E-state index contributed by atoms with van der Waals surface area (Å²) < 4.78 is 6.63. The zero-order chi connectivity index (χ0) is 22.8. The molecule has 1 amide bonds. The van der Waals surface area contributed by atoms with Crippen molar-refractivity contribution in [1.29, 1.82) is 0 Å². The molecule has 0 radical (unpaired) electrons. The van der Waals surface area contributed by atoms with E-state index in [1.807, 2.05) is 12.1 Å². The van der Waals surface area contributed by atoms with Crippen molar-refractivity contribution in [3.8, 4) is 0 Å². The summed E-state index contributed by atoms with van der Waals surface area (Å²) >= 11 is 3.77. The predicted octanol–water partition coefficient (Wildman–Crippen LogP) is 3.32. The summed E-state index contributed by atoms with van der Waals surface area (Å²) in [6.07, 6.45) is 2.84. The van der Waals surface area contributed by atoms with Gasteiger partial charge in [-0.1, -0.05) is 15.9 Å². The molecule has 5 rings (SSSR count). The third-order valence-electron chi connectivity index (χ3n) is 7.23. The van der Waals surface area contributed by atoms with Gasteiger partial charge in [-0.05, 0) is 73.8 Å². The molecule has 7 heteroatoms. The number of benzene rings is 2. The van der Waals surface area contributed by atoms with Crippen molar-refractivity contribution < 1.29 is 9.53 Å². The number of likely N-dealkylation sites (N-methyl/N-ethyl adjacent to an activating group) is 1. The van der Waals surface area contributed by atoms with E-state index in [1.165, 1.54) is 21.3 Å². The highest BCUT2D eigenvalue weighted by molar-refractivity contribution is 9.10. The lowest BCUT2D eigenvalue weighted by Crippen LogP contribution is -2.45. The number of morpholine rings is 1. The highest BCUT2D eigenvalue weighted by Crippen LogP contribution is 2.36. The van der Waals surface area contributed by atoms with Crippen LogP contribution in [0.5, 0.6) is 0 Å². The molecule has 2 aliphatic heterocycles. The number of piperazine rings is 1. The Hall–Kier alpha value is -2.09. The van der Waals surface area contributed by atoms with Crippen LogP contribution in [0.2, 0.25) is 0 Å². The van der Waals surface area contributed by atoms with Crippen molar-refractivity contribution >= 4 is 33.2 Å². The standard InChI is InChI=1S/C26H33BrN4O2/c1-29-10-12-31(13-11-29)25-9-8-24(27)22-7-4-20(18-23(22)25)28-26(32)19-2-5-21(6-3-19)30-14-16-33-17-15-30/h2-3,5-6,8-9,20H,4,7,10-18H2,1H3,(H,28,32). The van der Waals surface area contributed by atoms with Gasteiger partial charge in [0.2, 0.25) is 0 Å². The zero-order valence-electron chi connectivity index (χ0n) is 19.4. The smallest absolute Gasteiger partial charge is 0.251 e. The van der Waals surface area contributed by atoms with E-state index in [0.29, 0.717) is 0 Å². The van der Waals surface area contributed by atoms with Crippen LogP contribution in [0, 0.1) is 0 Å². The molecule has 0 spiro atoms. The molecule has 1 N–H and O–H groups in total. The highest BCUT2D eigenvalue weighted by Gasteiger charge is 2.27. The molecule has 2 saturated heterocycles. The van der Waals surface area contributed by atoms with Gasteiger partial charge < -0.3 is 24.8 Å². The molecule has 0 bridgehead atoms. The summed E-state index contributed by atoms with van der Waals surface area (Å²) in [5.41, 5.74) is 6.03. The number of halogens is 1. The number of hydrogen-bond acceptors (Lipinski definition) is 5. The van der Waals surface area contributed by atoms with Crippen molar-refractivity contribution in [3.05, 3.63) is 57.6 Å². The normalized spacial score (nSPS) is 21.6. The maximum Gasteiger partial charge on any atom is 0.251 e. The Morgan fingerprint density at radius 1 is 0.939 bits per heavy atom. The average Bonchev–Trinajstić information content (AvgIpc) is 2.86. The van der Waals surface area contributed by atoms with E-state index >= 15 is 0 Å². The van der Waals surface area contributed by atoms with Gasteiger partial charge in [0.25, 0.3) is 5.91 Å². The van der Waals surface area contributed by atoms with Gasteiger partial charge in [0.05, 0.1) is 13.2 Å². The lowest BCUT2D eigenvalue weighted by Gasteiger charge is -2.37. The maximum atomic E-state index is 13.0. The molecule has 2 heterocycles. The molecule has 2 aromatic rings. The van der Waals surface area contributed by atoms with E-state index < -0.39 is 0 Å². The van der Waals surface area contributed by atoms with Crippen LogP contribution in [0.1, 0.15) is 27.9 Å². The maximum absolute atomic E-state index is 13.0. The molecule has 176 valence electrons. The van der Waals surface area contributed by atoms with Crippen LogP contribution in [0.4, 0.5) is 11.4 Å². The third-order valence-corrected chi connectivity index (χ3v) is 7.97. The minimum atomic E-state index is 0.0214. The summed E-state index contributed by atoms with van der Waals surface area (Å²) in [5, 5.41) is 3.32. The highest BCUT2D eigenvalue weighted by atomic mass is 79.9. The Balaban J connectivity index is 1.27. The summed E-state index contributed by atoms with van der Waals surface area (Å²) in [4.78, 5) is 20.2. The largest absolute Gasteiger partial charge is 0.378 e. The molecule has 0 saturated carbocycles. The number of amides is 1. The average molecular weight is 513 g/mol. The van der Waals surface area contributed by atoms with Crippen LogP contribution in [-0.4, -0.2) is 76.4 Å². The summed E-state index contributed by atoms with van der Waals surface area (Å²) in [7, 11) is 2.19. The second-order valence-corrected chi connectivity index (χ2v) is 10.2. The first kappa shape index (κ1) is 22.7. The molecule has 33 heavy (non-hydrogen) atoms. The van der Waals surface area contributed by atoms with Crippen LogP contribution in [0.3, 0.4) is 0 Å². The number of ether oxygens (including phenoxy) is 1. The van der Waals surface area contributed by atoms with Crippen molar-refractivity contribution in [1.82, 2.24) is 10.2 Å². The number of hydrogen-bond donors (Lipinski definition) is 1. The molecule has 1 aliphatic carbocycles. The number of anilines is 2. The molecule has 6 nitrogen and oxygen atoms in total. The predicted molar refractivity (Wildman–Crippen MR) is 137 cm³/mol. The summed E-state index contributed by atoms with van der Waals surface area (Å²) in [6.45, 7) is 7.61. The summed E-state index contributed by atoms with van der Waals surface area (Å²) in [5.74, 6) is 0.0214. The van der Waals surface area contributed by atoms with Gasteiger partial charge in [0, 0.05) is 66.7 Å². The van der Waals surface area contributed by atoms with E-state index in [2.05, 4.69) is 67.3 Å². The van der Waals surface area contributed by atoms with Crippen molar-refractivity contribution in [3.63, 3.8) is 0 Å². The molecule has 1 unspecified atom stereocenters. The van der Waals surface area contributed by atoms with Crippen molar-refractivity contribution in [2.24, 2.45) is 0 Å². The number of rotatable bonds is 4. The Labute approximate surface area is 205 Å². The SMILES string of the molecule is CN1CCN(c2ccc(Br)c3c2CC(NC(=O)c2ccc(N4CCOCC4)cc2)CC3)CC1. The van der Waals surface area contributed by atoms with Gasteiger partial charge in [-0.2, -0.15) is 0 Å². The first-order chi connectivity index (χ1) is 16.1. The number of nitrogens with one attached hydrogen (secondary N) is 1. The van der Waals surface area contributed by atoms with E-state index in [-0.39, 0.29) is 11.9 Å². The van der Waals surface area contributed by atoms with E-state index in [1.54, 1.807) is 0 Å². The lowest BCUT2D eigenvalue weighted by atomic mass is 9.86. The lowest BCUT2D eigenvalue weighted by molar-refractivity contribution is 0.0933. The first-order valence-corrected chi connectivity index (χ1v) is 12.8. The number of carbonyl (C=O) groups excluding carboxylic acids is 1. The summed E-state index contributed by atoms with van der Waals surface area (Å²) in [6, 6.07) is 12.6. The zero-order valence-corrected chi connectivity index (χ0v) is 20.9. The second-order valence-electron chi connectivity index (χ2n) is 9.37. The first-order valence-electron chi connectivity index (χ1n) is 12.1. The Kier molecular flexibility index (Phi) is 6.90. The van der Waals surface area contributed by atoms with E-state index in [4.69, 9.17) is 4.74 Å². The molecule has 2 aromatic carbocycles. The Bertz CT molecular complexity index is 983. The van der Waals surface area contributed by atoms with E-state index in [9.17, 15) is 4.79 Å². The van der Waals surface area contributed by atoms with Crippen LogP contribution >= 0.6 is 15.9 Å². The number of fused-ring (bicyclic) bond motifs is 1. The van der Waals surface area contributed by atoms with Gasteiger partial charge in [0.1, 0.15) is 0 Å². The fraction of sp³-hybridized carbons (Fsp3) is 0.500.